The maximum absolute atomic E-state index is 11.0. The molecule has 0 unspecified atom stereocenters. The molecule has 12 heteroatoms. The van der Waals surface area contributed by atoms with Crippen molar-refractivity contribution >= 4 is 94.9 Å². The average molecular weight is 360 g/mol. The fraction of sp³-hybridized carbons (Fsp3) is 0. The quantitative estimate of drug-likeness (QED) is 0.227. The molecule has 24 heavy (non-hydrogen) atoms. The van der Waals surface area contributed by atoms with Crippen molar-refractivity contribution in [2.24, 2.45) is 0 Å². The first-order valence-electron chi connectivity index (χ1n) is 5.22. The van der Waals surface area contributed by atoms with E-state index in [4.69, 9.17) is 10.2 Å². The van der Waals surface area contributed by atoms with Gasteiger partial charge in [-0.1, -0.05) is 0 Å². The zero-order valence-electron chi connectivity index (χ0n) is 10.6. The number of ether oxygens (including phenoxy) is 2. The Balaban J connectivity index is -0.00000220. The molecule has 0 aliphatic heterocycles. The fourth-order valence-corrected chi connectivity index (χ4v) is 0.749. The number of hydrogen-bond acceptors (Lipinski definition) is 8. The van der Waals surface area contributed by atoms with Crippen LogP contribution >= 0.6 is 0 Å². The van der Waals surface area contributed by atoms with Crippen molar-refractivity contribution in [2.75, 3.05) is 0 Å². The van der Waals surface area contributed by atoms with Crippen LogP contribution in [-0.4, -0.2) is 105 Å². The second-order valence-corrected chi connectivity index (χ2v) is 3.16. The van der Waals surface area contributed by atoms with Gasteiger partial charge >= 0.3 is 94.9 Å². The minimum atomic E-state index is -1.43. The number of aliphatic carboxylic acids is 2. The Bertz CT molecular complexity index is 551. The van der Waals surface area contributed by atoms with Gasteiger partial charge in [0.2, 0.25) is 0 Å². The number of hydrogen-bond donors (Lipinski definition) is 2. The van der Waals surface area contributed by atoms with Crippen LogP contribution < -0.4 is 0 Å². The van der Waals surface area contributed by atoms with Crippen LogP contribution in [0.3, 0.4) is 0 Å². The van der Waals surface area contributed by atoms with E-state index in [2.05, 4.69) is 9.47 Å². The van der Waals surface area contributed by atoms with Crippen molar-refractivity contribution in [3.63, 3.8) is 0 Å². The summed E-state index contributed by atoms with van der Waals surface area (Å²) < 4.78 is 8.07. The molecule has 0 atom stereocenters. The Morgan fingerprint density at radius 3 is 0.917 bits per heavy atom. The SMILES string of the molecule is O=C(O)/C=C\C(=O)OC(=O)/C=C\C(=O)OC(=O)/C=C\C(=O)O.[NaH].[NaH]. The van der Waals surface area contributed by atoms with Crippen LogP contribution in [0.25, 0.3) is 0 Å². The van der Waals surface area contributed by atoms with E-state index in [-0.39, 0.29) is 59.1 Å². The Hall–Kier alpha value is -1.56. The van der Waals surface area contributed by atoms with Gasteiger partial charge in [0, 0.05) is 36.5 Å². The molecule has 120 valence electrons. The first-order chi connectivity index (χ1) is 10.2. The molecule has 0 aliphatic carbocycles. The van der Waals surface area contributed by atoms with Crippen LogP contribution in [0.5, 0.6) is 0 Å². The molecular weight excluding hydrogens is 350 g/mol. The van der Waals surface area contributed by atoms with Gasteiger partial charge in [-0.05, 0) is 0 Å². The fourth-order valence-electron chi connectivity index (χ4n) is 0.749. The third kappa shape index (κ3) is 16.8. The molecule has 0 rings (SSSR count). The van der Waals surface area contributed by atoms with E-state index in [1.54, 1.807) is 0 Å². The summed E-state index contributed by atoms with van der Waals surface area (Å²) in [6.07, 6.45) is 2.69. The second kappa shape index (κ2) is 15.0. The number of carbonyl (C=O) groups excluding carboxylic acids is 4. The molecule has 0 aromatic heterocycles. The maximum atomic E-state index is 11.0. The van der Waals surface area contributed by atoms with Gasteiger partial charge in [0.25, 0.3) is 0 Å². The Kier molecular flexibility index (Phi) is 17.1. The van der Waals surface area contributed by atoms with E-state index >= 15 is 0 Å². The molecule has 0 saturated heterocycles. The minimum absolute atomic E-state index is 0. The standard InChI is InChI=1S/C12H8O10.2Na.2H/c13-7(14)1-3-9(17)21-11(19)5-6-12(20)22-10(18)4-2-8(15)16;;;;/h1-6H,(H,13,14)(H,15,16);;;;/b3-1-,4-2-,6-5-;;;;. The van der Waals surface area contributed by atoms with Gasteiger partial charge in [0.1, 0.15) is 0 Å². The van der Waals surface area contributed by atoms with E-state index < -0.39 is 35.8 Å². The van der Waals surface area contributed by atoms with Gasteiger partial charge < -0.3 is 19.7 Å². The summed E-state index contributed by atoms with van der Waals surface area (Å²) in [7, 11) is 0. The van der Waals surface area contributed by atoms with Crippen LogP contribution in [0.2, 0.25) is 0 Å². The molecule has 0 heterocycles. The third-order valence-corrected chi connectivity index (χ3v) is 1.48. The topological polar surface area (TPSA) is 161 Å². The predicted octanol–water partition coefficient (Wildman–Crippen LogP) is -2.33. The van der Waals surface area contributed by atoms with Gasteiger partial charge in [0.05, 0.1) is 0 Å². The Labute approximate surface area is 178 Å². The first-order valence-corrected chi connectivity index (χ1v) is 5.22. The van der Waals surface area contributed by atoms with Crippen LogP contribution in [-0.2, 0) is 38.2 Å². The molecule has 0 amide bonds. The predicted molar refractivity (Wildman–Crippen MR) is 79.2 cm³/mol. The van der Waals surface area contributed by atoms with Crippen molar-refractivity contribution in [2.45, 2.75) is 0 Å². The van der Waals surface area contributed by atoms with Crippen LogP contribution in [0.1, 0.15) is 0 Å². The average Bonchev–Trinajstić information content (AvgIpc) is 2.40. The first kappa shape index (κ1) is 27.3. The molecule has 0 aromatic rings. The number of esters is 4. The van der Waals surface area contributed by atoms with Crippen molar-refractivity contribution in [1.82, 2.24) is 0 Å². The summed E-state index contributed by atoms with van der Waals surface area (Å²) in [4.78, 5) is 63.9. The van der Waals surface area contributed by atoms with E-state index in [0.29, 0.717) is 36.5 Å². The second-order valence-electron chi connectivity index (χ2n) is 3.16. The zero-order valence-corrected chi connectivity index (χ0v) is 10.6. The molecule has 0 fully saturated rings. The number of carboxylic acid groups (broad SMARTS) is 2. The van der Waals surface area contributed by atoms with Gasteiger partial charge in [-0.2, -0.15) is 0 Å². The molecular formula is C12H10Na2O10. The number of carboxylic acids is 2. The van der Waals surface area contributed by atoms with Crippen molar-refractivity contribution in [3.05, 3.63) is 36.5 Å². The molecule has 0 aliphatic rings. The molecule has 0 saturated carbocycles. The summed E-state index contributed by atoms with van der Waals surface area (Å²) in [5.74, 6) is -8.07. The van der Waals surface area contributed by atoms with Gasteiger partial charge in [-0.25, -0.2) is 28.8 Å². The van der Waals surface area contributed by atoms with Gasteiger partial charge in [0.15, 0.2) is 0 Å². The van der Waals surface area contributed by atoms with Gasteiger partial charge in [-0.15, -0.1) is 0 Å². The Morgan fingerprint density at radius 1 is 0.500 bits per heavy atom. The van der Waals surface area contributed by atoms with Crippen molar-refractivity contribution in [3.8, 4) is 0 Å². The van der Waals surface area contributed by atoms with Crippen molar-refractivity contribution < 1.29 is 48.5 Å². The Morgan fingerprint density at radius 2 is 0.708 bits per heavy atom. The van der Waals surface area contributed by atoms with Gasteiger partial charge in [-0.3, -0.25) is 0 Å². The number of rotatable bonds is 6. The van der Waals surface area contributed by atoms with E-state index in [9.17, 15) is 28.8 Å². The molecule has 0 spiro atoms. The van der Waals surface area contributed by atoms with E-state index in [1.807, 2.05) is 0 Å². The summed E-state index contributed by atoms with van der Waals surface area (Å²) in [5.41, 5.74) is 0. The third-order valence-electron chi connectivity index (χ3n) is 1.48. The molecule has 0 radical (unpaired) electrons. The molecule has 0 bridgehead atoms. The van der Waals surface area contributed by atoms with Crippen LogP contribution in [0, 0.1) is 0 Å². The molecule has 0 aromatic carbocycles. The summed E-state index contributed by atoms with van der Waals surface area (Å²) in [6.45, 7) is 0. The summed E-state index contributed by atoms with van der Waals surface area (Å²) in [5, 5.41) is 16.4. The van der Waals surface area contributed by atoms with E-state index in [1.165, 1.54) is 0 Å². The number of carbonyl (C=O) groups is 6. The molecule has 10 nitrogen and oxygen atoms in total. The molecule has 2 N–H and O–H groups in total. The normalized spacial score (nSPS) is 9.83. The van der Waals surface area contributed by atoms with Crippen LogP contribution in [0.4, 0.5) is 0 Å². The van der Waals surface area contributed by atoms with E-state index in [0.717, 1.165) is 0 Å². The monoisotopic (exact) mass is 360 g/mol. The zero-order chi connectivity index (χ0) is 17.1. The van der Waals surface area contributed by atoms with Crippen molar-refractivity contribution in [1.29, 1.82) is 0 Å². The summed E-state index contributed by atoms with van der Waals surface area (Å²) in [6, 6.07) is 0. The van der Waals surface area contributed by atoms with Crippen LogP contribution in [0.15, 0.2) is 36.5 Å². The summed E-state index contributed by atoms with van der Waals surface area (Å²) >= 11 is 0.